The van der Waals surface area contributed by atoms with Crippen LogP contribution in [0.4, 0.5) is 0 Å². The number of aromatic nitrogens is 1. The molecule has 0 bridgehead atoms. The van der Waals surface area contributed by atoms with E-state index in [1.54, 1.807) is 11.3 Å². The van der Waals surface area contributed by atoms with Crippen molar-refractivity contribution in [1.29, 1.82) is 0 Å². The largest absolute Gasteiger partial charge is 0.317 e. The van der Waals surface area contributed by atoms with Crippen molar-refractivity contribution in [2.45, 2.75) is 25.7 Å². The summed E-state index contributed by atoms with van der Waals surface area (Å²) >= 11 is 1.79. The first-order valence-electron chi connectivity index (χ1n) is 4.98. The van der Waals surface area contributed by atoms with Gasteiger partial charge in [0.1, 0.15) is 0 Å². The fourth-order valence-electron chi connectivity index (χ4n) is 2.01. The Labute approximate surface area is 83.4 Å². The van der Waals surface area contributed by atoms with E-state index in [1.165, 1.54) is 30.9 Å². The summed E-state index contributed by atoms with van der Waals surface area (Å²) in [6, 6.07) is 0. The Bertz CT molecular complexity index is 239. The number of hydrogen-bond acceptors (Lipinski definition) is 3. The lowest BCUT2D eigenvalue weighted by Gasteiger charge is -2.26. The molecule has 1 N–H and O–H groups in total. The first-order valence-corrected chi connectivity index (χ1v) is 5.86. The highest BCUT2D eigenvalue weighted by Gasteiger charge is 2.22. The fraction of sp³-hybridized carbons (Fsp3) is 0.700. The summed E-state index contributed by atoms with van der Waals surface area (Å²) in [6.07, 6.45) is 4.53. The predicted molar refractivity (Wildman–Crippen MR) is 56.1 cm³/mol. The van der Waals surface area contributed by atoms with Crippen LogP contribution in [0.25, 0.3) is 0 Å². The van der Waals surface area contributed by atoms with E-state index < -0.39 is 0 Å². The van der Waals surface area contributed by atoms with Crippen molar-refractivity contribution in [3.8, 4) is 0 Å². The summed E-state index contributed by atoms with van der Waals surface area (Å²) < 4.78 is 0. The van der Waals surface area contributed by atoms with E-state index in [1.807, 2.05) is 6.20 Å². The molecule has 2 rings (SSSR count). The zero-order valence-corrected chi connectivity index (χ0v) is 8.81. The Kier molecular flexibility index (Phi) is 2.96. The van der Waals surface area contributed by atoms with Crippen LogP contribution in [0.3, 0.4) is 0 Å². The normalized spacial score (nSPS) is 21.6. The van der Waals surface area contributed by atoms with Gasteiger partial charge in [0.15, 0.2) is 0 Å². The molecule has 0 aliphatic carbocycles. The highest BCUT2D eigenvalue weighted by Crippen LogP contribution is 2.31. The lowest BCUT2D eigenvalue weighted by molar-refractivity contribution is 0.330. The molecule has 0 radical (unpaired) electrons. The number of piperidine rings is 1. The summed E-state index contributed by atoms with van der Waals surface area (Å²) in [5.41, 5.74) is 0. The summed E-state index contributed by atoms with van der Waals surface area (Å²) in [5.74, 6) is 1.49. The quantitative estimate of drug-likeness (QED) is 0.784. The van der Waals surface area contributed by atoms with Gasteiger partial charge in [0.05, 0.1) is 5.01 Å². The molecule has 0 aromatic carbocycles. The van der Waals surface area contributed by atoms with Crippen LogP contribution in [-0.4, -0.2) is 18.1 Å². The van der Waals surface area contributed by atoms with Crippen molar-refractivity contribution in [1.82, 2.24) is 10.3 Å². The van der Waals surface area contributed by atoms with Gasteiger partial charge < -0.3 is 5.32 Å². The summed E-state index contributed by atoms with van der Waals surface area (Å²) in [5, 5.41) is 6.79. The number of nitrogens with one attached hydrogen (secondary N) is 1. The van der Waals surface area contributed by atoms with Crippen molar-refractivity contribution >= 4 is 11.3 Å². The number of rotatable bonds is 2. The molecule has 1 aliphatic rings. The second kappa shape index (κ2) is 4.20. The smallest absolute Gasteiger partial charge is 0.0955 e. The van der Waals surface area contributed by atoms with Crippen molar-refractivity contribution in [3.05, 3.63) is 16.6 Å². The zero-order valence-electron chi connectivity index (χ0n) is 7.99. The predicted octanol–water partition coefficient (Wildman–Crippen LogP) is 2.25. The Hall–Kier alpha value is -0.410. The van der Waals surface area contributed by atoms with Crippen LogP contribution in [0.5, 0.6) is 0 Å². The van der Waals surface area contributed by atoms with Gasteiger partial charge in [-0.1, -0.05) is 6.92 Å². The van der Waals surface area contributed by atoms with Gasteiger partial charge in [-0.2, -0.15) is 0 Å². The summed E-state index contributed by atoms with van der Waals surface area (Å²) in [4.78, 5) is 4.39. The molecule has 2 nitrogen and oxygen atoms in total. The average molecular weight is 196 g/mol. The Morgan fingerprint density at radius 2 is 2.31 bits per heavy atom. The molecule has 1 aliphatic heterocycles. The molecular weight excluding hydrogens is 180 g/mol. The lowest BCUT2D eigenvalue weighted by Crippen LogP contribution is -2.30. The van der Waals surface area contributed by atoms with Crippen LogP contribution >= 0.6 is 11.3 Å². The minimum Gasteiger partial charge on any atom is -0.317 e. The highest BCUT2D eigenvalue weighted by molar-refractivity contribution is 7.09. The van der Waals surface area contributed by atoms with E-state index in [0.717, 1.165) is 5.92 Å². The molecule has 3 heteroatoms. The number of hydrogen-bond donors (Lipinski definition) is 1. The van der Waals surface area contributed by atoms with Gasteiger partial charge in [-0.15, -0.1) is 11.3 Å². The lowest BCUT2D eigenvalue weighted by atomic mass is 9.86. The molecule has 72 valence electrons. The standard InChI is InChI=1S/C10H16N2S/c1-8(10-12-6-7-13-10)9-2-4-11-5-3-9/h6-9,11H,2-5H2,1H3. The van der Waals surface area contributed by atoms with E-state index >= 15 is 0 Å². The van der Waals surface area contributed by atoms with E-state index in [9.17, 15) is 0 Å². The van der Waals surface area contributed by atoms with Crippen LogP contribution in [-0.2, 0) is 0 Å². The van der Waals surface area contributed by atoms with Crippen molar-refractivity contribution < 1.29 is 0 Å². The summed E-state index contributed by atoms with van der Waals surface area (Å²) in [6.45, 7) is 4.68. The molecule has 0 saturated carbocycles. The van der Waals surface area contributed by atoms with E-state index in [0.29, 0.717) is 5.92 Å². The SMILES string of the molecule is CC(c1nccs1)C1CCNCC1. The second-order valence-electron chi connectivity index (χ2n) is 3.75. The molecule has 1 saturated heterocycles. The maximum atomic E-state index is 4.39. The highest BCUT2D eigenvalue weighted by atomic mass is 32.1. The van der Waals surface area contributed by atoms with Gasteiger partial charge in [0, 0.05) is 17.5 Å². The third-order valence-corrected chi connectivity index (χ3v) is 3.91. The molecule has 1 fully saturated rings. The van der Waals surface area contributed by atoms with Crippen molar-refractivity contribution in [2.24, 2.45) is 5.92 Å². The molecular formula is C10H16N2S. The molecule has 1 aromatic heterocycles. The van der Waals surface area contributed by atoms with Gasteiger partial charge in [0.2, 0.25) is 0 Å². The van der Waals surface area contributed by atoms with Crippen molar-refractivity contribution in [3.63, 3.8) is 0 Å². The maximum Gasteiger partial charge on any atom is 0.0955 e. The molecule has 2 heterocycles. The third kappa shape index (κ3) is 2.09. The van der Waals surface area contributed by atoms with Gasteiger partial charge >= 0.3 is 0 Å². The average Bonchev–Trinajstić information content (AvgIpc) is 2.71. The second-order valence-corrected chi connectivity index (χ2v) is 4.67. The number of thiazole rings is 1. The Morgan fingerprint density at radius 3 is 2.92 bits per heavy atom. The topological polar surface area (TPSA) is 24.9 Å². The van der Waals surface area contributed by atoms with Crippen LogP contribution in [0, 0.1) is 5.92 Å². The molecule has 1 unspecified atom stereocenters. The Morgan fingerprint density at radius 1 is 1.54 bits per heavy atom. The number of nitrogens with zero attached hydrogens (tertiary/aromatic N) is 1. The molecule has 1 atom stereocenters. The van der Waals surface area contributed by atoms with Crippen LogP contribution in [0.15, 0.2) is 11.6 Å². The minimum absolute atomic E-state index is 0.655. The van der Waals surface area contributed by atoms with Crippen LogP contribution in [0.1, 0.15) is 30.7 Å². The minimum atomic E-state index is 0.655. The first kappa shape index (κ1) is 9.16. The molecule has 0 amide bonds. The van der Waals surface area contributed by atoms with Crippen LogP contribution < -0.4 is 5.32 Å². The van der Waals surface area contributed by atoms with Crippen LogP contribution in [0.2, 0.25) is 0 Å². The molecule has 1 aromatic rings. The van der Waals surface area contributed by atoms with E-state index in [-0.39, 0.29) is 0 Å². The third-order valence-electron chi connectivity index (χ3n) is 2.93. The summed E-state index contributed by atoms with van der Waals surface area (Å²) in [7, 11) is 0. The van der Waals surface area contributed by atoms with Gasteiger partial charge in [-0.05, 0) is 31.8 Å². The molecule has 0 spiro atoms. The van der Waals surface area contributed by atoms with Gasteiger partial charge in [-0.25, -0.2) is 4.98 Å². The van der Waals surface area contributed by atoms with Gasteiger partial charge in [0.25, 0.3) is 0 Å². The monoisotopic (exact) mass is 196 g/mol. The zero-order chi connectivity index (χ0) is 9.10. The van der Waals surface area contributed by atoms with Gasteiger partial charge in [-0.3, -0.25) is 0 Å². The first-order chi connectivity index (χ1) is 6.38. The Balaban J connectivity index is 1.99. The fourth-order valence-corrected chi connectivity index (χ4v) is 2.80. The maximum absolute atomic E-state index is 4.39. The van der Waals surface area contributed by atoms with Crippen molar-refractivity contribution in [2.75, 3.05) is 13.1 Å². The van der Waals surface area contributed by atoms with E-state index in [2.05, 4.69) is 22.6 Å². The molecule has 13 heavy (non-hydrogen) atoms. The van der Waals surface area contributed by atoms with E-state index in [4.69, 9.17) is 0 Å².